The molecule has 0 radical (unpaired) electrons. The van der Waals surface area contributed by atoms with E-state index in [1.807, 2.05) is 24.8 Å². The predicted molar refractivity (Wildman–Crippen MR) is 102 cm³/mol. The summed E-state index contributed by atoms with van der Waals surface area (Å²) < 4.78 is 7.64. The highest BCUT2D eigenvalue weighted by Gasteiger charge is 2.17. The first-order chi connectivity index (χ1) is 12.4. The maximum Gasteiger partial charge on any atom is 0.128 e. The van der Waals surface area contributed by atoms with Crippen molar-refractivity contribution < 1.29 is 4.74 Å². The quantitative estimate of drug-likeness (QED) is 0.647. The van der Waals surface area contributed by atoms with E-state index < -0.39 is 0 Å². The Hall–Kier alpha value is -2.34. The molecule has 0 unspecified atom stereocenters. The summed E-state index contributed by atoms with van der Waals surface area (Å²) in [7, 11) is 1.74. The van der Waals surface area contributed by atoms with Gasteiger partial charge in [0.05, 0.1) is 29.3 Å². The molecule has 0 aliphatic carbocycles. The molecule has 0 spiro atoms. The van der Waals surface area contributed by atoms with Crippen LogP contribution >= 0.6 is 0 Å². The Bertz CT molecular complexity index is 885. The van der Waals surface area contributed by atoms with Gasteiger partial charge in [-0.3, -0.25) is 4.98 Å². The Labute approximate surface area is 154 Å². The standard InChI is InChI=1S/C20H27N5O/c1-14(2)25-13-23-17-12-22-16(11-18(17)25)10-15-7-9-21-19(24-15)6-8-20(3,4)26-5/h7,9,11-14H,6,8,10H2,1-5H3. The zero-order valence-corrected chi connectivity index (χ0v) is 16.2. The van der Waals surface area contributed by atoms with E-state index in [1.165, 1.54) is 0 Å². The molecule has 3 aromatic rings. The molecule has 26 heavy (non-hydrogen) atoms. The largest absolute Gasteiger partial charge is 0.379 e. The third-order valence-corrected chi connectivity index (χ3v) is 4.70. The highest BCUT2D eigenvalue weighted by atomic mass is 16.5. The van der Waals surface area contributed by atoms with Crippen LogP contribution < -0.4 is 0 Å². The molecular weight excluding hydrogens is 326 g/mol. The SMILES string of the molecule is COC(C)(C)CCc1nccc(Cc2cc3c(cn2)ncn3C(C)C)n1. The molecule has 3 aromatic heterocycles. The first-order valence-corrected chi connectivity index (χ1v) is 9.05. The summed E-state index contributed by atoms with van der Waals surface area (Å²) in [6.07, 6.45) is 7.90. The van der Waals surface area contributed by atoms with Crippen LogP contribution in [0.15, 0.2) is 30.9 Å². The molecule has 0 bridgehead atoms. The predicted octanol–water partition coefficient (Wildman–Crippen LogP) is 3.75. The van der Waals surface area contributed by atoms with Crippen LogP contribution in [0.25, 0.3) is 11.0 Å². The smallest absolute Gasteiger partial charge is 0.128 e. The molecule has 0 atom stereocenters. The number of pyridine rings is 1. The molecule has 0 amide bonds. The topological polar surface area (TPSA) is 65.7 Å². The van der Waals surface area contributed by atoms with Crippen molar-refractivity contribution in [2.75, 3.05) is 7.11 Å². The van der Waals surface area contributed by atoms with Crippen LogP contribution in [-0.4, -0.2) is 37.2 Å². The molecule has 0 fully saturated rings. The second kappa shape index (κ2) is 7.50. The third kappa shape index (κ3) is 4.25. The summed E-state index contributed by atoms with van der Waals surface area (Å²) in [4.78, 5) is 18.1. The van der Waals surface area contributed by atoms with Crippen molar-refractivity contribution in [1.29, 1.82) is 0 Å². The fourth-order valence-electron chi connectivity index (χ4n) is 2.84. The molecule has 138 valence electrons. The van der Waals surface area contributed by atoms with Crippen LogP contribution in [0.3, 0.4) is 0 Å². The number of hydrogen-bond donors (Lipinski definition) is 0. The zero-order valence-electron chi connectivity index (χ0n) is 16.2. The van der Waals surface area contributed by atoms with Crippen molar-refractivity contribution >= 4 is 11.0 Å². The number of hydrogen-bond acceptors (Lipinski definition) is 5. The minimum absolute atomic E-state index is 0.165. The summed E-state index contributed by atoms with van der Waals surface area (Å²) in [5.74, 6) is 0.848. The van der Waals surface area contributed by atoms with E-state index >= 15 is 0 Å². The van der Waals surface area contributed by atoms with Crippen molar-refractivity contribution in [3.63, 3.8) is 0 Å². The lowest BCUT2D eigenvalue weighted by Crippen LogP contribution is -2.23. The van der Waals surface area contributed by atoms with Gasteiger partial charge >= 0.3 is 0 Å². The van der Waals surface area contributed by atoms with Crippen LogP contribution in [-0.2, 0) is 17.6 Å². The first-order valence-electron chi connectivity index (χ1n) is 9.05. The van der Waals surface area contributed by atoms with Crippen LogP contribution in [0.2, 0.25) is 0 Å². The van der Waals surface area contributed by atoms with E-state index in [-0.39, 0.29) is 5.60 Å². The van der Waals surface area contributed by atoms with E-state index in [0.717, 1.165) is 41.1 Å². The van der Waals surface area contributed by atoms with E-state index in [9.17, 15) is 0 Å². The van der Waals surface area contributed by atoms with Crippen molar-refractivity contribution in [3.05, 3.63) is 48.1 Å². The van der Waals surface area contributed by atoms with E-state index in [2.05, 4.69) is 53.3 Å². The Morgan fingerprint density at radius 1 is 1.15 bits per heavy atom. The van der Waals surface area contributed by atoms with Crippen LogP contribution in [0.4, 0.5) is 0 Å². The highest BCUT2D eigenvalue weighted by molar-refractivity contribution is 5.74. The lowest BCUT2D eigenvalue weighted by atomic mass is 10.0. The van der Waals surface area contributed by atoms with E-state index in [0.29, 0.717) is 12.5 Å². The van der Waals surface area contributed by atoms with Gasteiger partial charge in [0.2, 0.25) is 0 Å². The summed E-state index contributed by atoms with van der Waals surface area (Å²) in [6, 6.07) is 4.43. The van der Waals surface area contributed by atoms with Gasteiger partial charge in [-0.2, -0.15) is 0 Å². The molecule has 0 N–H and O–H groups in total. The number of aromatic nitrogens is 5. The summed E-state index contributed by atoms with van der Waals surface area (Å²) in [5.41, 5.74) is 3.84. The van der Waals surface area contributed by atoms with Gasteiger partial charge in [-0.1, -0.05) is 0 Å². The Balaban J connectivity index is 1.77. The minimum Gasteiger partial charge on any atom is -0.379 e. The number of ether oxygens (including phenoxy) is 1. The fraction of sp³-hybridized carbons (Fsp3) is 0.500. The molecule has 6 nitrogen and oxygen atoms in total. The number of fused-ring (bicyclic) bond motifs is 1. The number of nitrogens with zero attached hydrogens (tertiary/aromatic N) is 5. The molecule has 0 aliphatic heterocycles. The summed E-state index contributed by atoms with van der Waals surface area (Å²) in [6.45, 7) is 8.46. The second-order valence-electron chi connectivity index (χ2n) is 7.51. The molecule has 3 rings (SSSR count). The number of methoxy groups -OCH3 is 1. The molecule has 6 heteroatoms. The third-order valence-electron chi connectivity index (χ3n) is 4.70. The maximum atomic E-state index is 5.48. The number of aryl methyl sites for hydroxylation is 1. The van der Waals surface area contributed by atoms with Crippen LogP contribution in [0.1, 0.15) is 57.4 Å². The van der Waals surface area contributed by atoms with Crippen LogP contribution in [0, 0.1) is 0 Å². The molecule has 0 aliphatic rings. The van der Waals surface area contributed by atoms with Gasteiger partial charge in [-0.05, 0) is 46.2 Å². The summed E-state index contributed by atoms with van der Waals surface area (Å²) in [5, 5.41) is 0. The monoisotopic (exact) mass is 353 g/mol. The molecular formula is C20H27N5O. The van der Waals surface area contributed by atoms with Crippen molar-refractivity contribution in [2.24, 2.45) is 0 Å². The van der Waals surface area contributed by atoms with Gasteiger partial charge in [0.1, 0.15) is 11.3 Å². The van der Waals surface area contributed by atoms with Gasteiger partial charge in [0.25, 0.3) is 0 Å². The normalized spacial score (nSPS) is 12.2. The average Bonchev–Trinajstić information content (AvgIpc) is 3.04. The lowest BCUT2D eigenvalue weighted by molar-refractivity contribution is 0.0153. The fourth-order valence-corrected chi connectivity index (χ4v) is 2.84. The molecule has 0 saturated carbocycles. The second-order valence-corrected chi connectivity index (χ2v) is 7.51. The van der Waals surface area contributed by atoms with Crippen LogP contribution in [0.5, 0.6) is 0 Å². The average molecular weight is 353 g/mol. The number of imidazole rings is 1. The Morgan fingerprint density at radius 3 is 2.69 bits per heavy atom. The molecule has 0 saturated heterocycles. The van der Waals surface area contributed by atoms with Crippen molar-refractivity contribution in [3.8, 4) is 0 Å². The van der Waals surface area contributed by atoms with E-state index in [1.54, 1.807) is 7.11 Å². The van der Waals surface area contributed by atoms with Gasteiger partial charge in [-0.25, -0.2) is 15.0 Å². The van der Waals surface area contributed by atoms with E-state index in [4.69, 9.17) is 9.72 Å². The van der Waals surface area contributed by atoms with Gasteiger partial charge < -0.3 is 9.30 Å². The van der Waals surface area contributed by atoms with Gasteiger partial charge in [0, 0.05) is 37.9 Å². The first kappa shape index (κ1) is 18.5. The maximum absolute atomic E-state index is 5.48. The minimum atomic E-state index is -0.165. The summed E-state index contributed by atoms with van der Waals surface area (Å²) >= 11 is 0. The van der Waals surface area contributed by atoms with Crippen molar-refractivity contribution in [1.82, 2.24) is 24.5 Å². The van der Waals surface area contributed by atoms with Gasteiger partial charge in [0.15, 0.2) is 0 Å². The molecule has 0 aromatic carbocycles. The Morgan fingerprint density at radius 2 is 1.96 bits per heavy atom. The van der Waals surface area contributed by atoms with Gasteiger partial charge in [-0.15, -0.1) is 0 Å². The van der Waals surface area contributed by atoms with Crippen molar-refractivity contribution in [2.45, 2.75) is 58.6 Å². The lowest BCUT2D eigenvalue weighted by Gasteiger charge is -2.22. The Kier molecular flexibility index (Phi) is 5.32. The zero-order chi connectivity index (χ0) is 18.7. The molecule has 3 heterocycles. The number of rotatable bonds is 7. The highest BCUT2D eigenvalue weighted by Crippen LogP contribution is 2.19.